The van der Waals surface area contributed by atoms with Gasteiger partial charge in [0.2, 0.25) is 0 Å². The van der Waals surface area contributed by atoms with Crippen molar-refractivity contribution in [3.8, 4) is 6.07 Å². The third-order valence-corrected chi connectivity index (χ3v) is 3.08. The topological polar surface area (TPSA) is 45.0 Å². The van der Waals surface area contributed by atoms with Crippen molar-refractivity contribution in [2.24, 2.45) is 0 Å². The second kappa shape index (κ2) is 7.44. The molecule has 0 aliphatic rings. The minimum atomic E-state index is 0.652. The van der Waals surface area contributed by atoms with Crippen molar-refractivity contribution in [2.45, 2.75) is 19.7 Å². The summed E-state index contributed by atoms with van der Waals surface area (Å²) in [6.07, 6.45) is 0. The molecular formula is C17H18N2O. The van der Waals surface area contributed by atoms with Gasteiger partial charge >= 0.3 is 0 Å². The molecule has 0 amide bonds. The third kappa shape index (κ3) is 4.20. The Hall–Kier alpha value is -2.15. The van der Waals surface area contributed by atoms with Crippen LogP contribution in [0.2, 0.25) is 0 Å². The number of nitriles is 1. The van der Waals surface area contributed by atoms with E-state index < -0.39 is 0 Å². The summed E-state index contributed by atoms with van der Waals surface area (Å²) in [6, 6.07) is 18.2. The first-order chi connectivity index (χ1) is 9.81. The first-order valence-electron chi connectivity index (χ1n) is 6.58. The molecule has 0 aliphatic carbocycles. The second-order valence-corrected chi connectivity index (χ2v) is 4.66. The second-order valence-electron chi connectivity index (χ2n) is 4.66. The van der Waals surface area contributed by atoms with Gasteiger partial charge in [-0.1, -0.05) is 36.4 Å². The molecule has 0 atom stereocenters. The minimum absolute atomic E-state index is 0.652. The number of hydrogen-bond acceptors (Lipinski definition) is 3. The molecule has 102 valence electrons. The van der Waals surface area contributed by atoms with Gasteiger partial charge in [-0.15, -0.1) is 0 Å². The van der Waals surface area contributed by atoms with E-state index in [9.17, 15) is 0 Å². The van der Waals surface area contributed by atoms with E-state index in [1.807, 2.05) is 24.3 Å². The summed E-state index contributed by atoms with van der Waals surface area (Å²) in [4.78, 5) is 0. The molecule has 0 heterocycles. The summed E-state index contributed by atoms with van der Waals surface area (Å²) in [6.45, 7) is 2.28. The first kappa shape index (κ1) is 14.3. The van der Waals surface area contributed by atoms with Gasteiger partial charge in [-0.3, -0.25) is 0 Å². The summed E-state index contributed by atoms with van der Waals surface area (Å²) in [7, 11) is 1.70. The Kier molecular flexibility index (Phi) is 5.31. The summed E-state index contributed by atoms with van der Waals surface area (Å²) < 4.78 is 5.09. The van der Waals surface area contributed by atoms with Crippen LogP contribution in [-0.2, 0) is 24.4 Å². The highest BCUT2D eigenvalue weighted by molar-refractivity contribution is 5.31. The molecule has 0 radical (unpaired) electrons. The number of benzene rings is 2. The van der Waals surface area contributed by atoms with Gasteiger partial charge in [0.15, 0.2) is 0 Å². The minimum Gasteiger partial charge on any atom is -0.380 e. The van der Waals surface area contributed by atoms with Crippen molar-refractivity contribution in [3.63, 3.8) is 0 Å². The average molecular weight is 266 g/mol. The molecule has 0 bridgehead atoms. The highest BCUT2D eigenvalue weighted by Crippen LogP contribution is 2.06. The van der Waals surface area contributed by atoms with Crippen LogP contribution in [0.25, 0.3) is 0 Å². The maximum absolute atomic E-state index is 8.74. The number of methoxy groups -OCH3 is 1. The van der Waals surface area contributed by atoms with E-state index in [2.05, 4.69) is 35.7 Å². The molecule has 3 nitrogen and oxygen atoms in total. The first-order valence-corrected chi connectivity index (χ1v) is 6.58. The van der Waals surface area contributed by atoms with E-state index in [0.29, 0.717) is 12.2 Å². The Morgan fingerprint density at radius 3 is 1.90 bits per heavy atom. The maximum atomic E-state index is 8.74. The highest BCUT2D eigenvalue weighted by Gasteiger charge is 1.96. The van der Waals surface area contributed by atoms with E-state index in [1.54, 1.807) is 7.11 Å². The predicted molar refractivity (Wildman–Crippen MR) is 78.9 cm³/mol. The lowest BCUT2D eigenvalue weighted by Gasteiger charge is -2.06. The van der Waals surface area contributed by atoms with Gasteiger partial charge in [0.25, 0.3) is 0 Å². The van der Waals surface area contributed by atoms with Gasteiger partial charge in [-0.05, 0) is 28.8 Å². The van der Waals surface area contributed by atoms with Crippen LogP contribution >= 0.6 is 0 Å². The van der Waals surface area contributed by atoms with Crippen molar-refractivity contribution in [1.29, 1.82) is 5.26 Å². The highest BCUT2D eigenvalue weighted by atomic mass is 16.5. The van der Waals surface area contributed by atoms with Gasteiger partial charge in [0, 0.05) is 20.2 Å². The van der Waals surface area contributed by atoms with Crippen molar-refractivity contribution in [2.75, 3.05) is 7.11 Å². The van der Waals surface area contributed by atoms with E-state index in [0.717, 1.165) is 13.1 Å². The summed E-state index contributed by atoms with van der Waals surface area (Å²) in [5.74, 6) is 0. The Morgan fingerprint density at radius 1 is 0.900 bits per heavy atom. The lowest BCUT2D eigenvalue weighted by molar-refractivity contribution is 0.185. The van der Waals surface area contributed by atoms with E-state index in [4.69, 9.17) is 10.00 Å². The van der Waals surface area contributed by atoms with Gasteiger partial charge < -0.3 is 10.1 Å². The molecule has 3 heteroatoms. The Morgan fingerprint density at radius 2 is 1.40 bits per heavy atom. The van der Waals surface area contributed by atoms with Crippen molar-refractivity contribution < 1.29 is 4.74 Å². The Balaban J connectivity index is 1.81. The smallest absolute Gasteiger partial charge is 0.0991 e. The lowest BCUT2D eigenvalue weighted by Crippen LogP contribution is -2.12. The third-order valence-electron chi connectivity index (χ3n) is 3.08. The number of nitrogens with one attached hydrogen (secondary N) is 1. The summed E-state index contributed by atoms with van der Waals surface area (Å²) >= 11 is 0. The quantitative estimate of drug-likeness (QED) is 0.874. The fourth-order valence-corrected chi connectivity index (χ4v) is 1.97. The average Bonchev–Trinajstić information content (AvgIpc) is 2.50. The molecule has 2 aromatic carbocycles. The zero-order valence-electron chi connectivity index (χ0n) is 11.6. The summed E-state index contributed by atoms with van der Waals surface area (Å²) in [5, 5.41) is 12.1. The van der Waals surface area contributed by atoms with Crippen LogP contribution in [0.4, 0.5) is 0 Å². The number of rotatable bonds is 6. The van der Waals surface area contributed by atoms with E-state index in [1.165, 1.54) is 16.7 Å². The molecule has 2 aromatic rings. The van der Waals surface area contributed by atoms with Crippen LogP contribution in [0.3, 0.4) is 0 Å². The number of hydrogen-bond donors (Lipinski definition) is 1. The van der Waals surface area contributed by atoms with Crippen LogP contribution in [0.1, 0.15) is 22.3 Å². The standard InChI is InChI=1S/C17H18N2O/c1-20-13-17-8-6-16(7-9-17)12-19-11-15-4-2-14(10-18)3-5-15/h2-9,19H,11-13H2,1H3. The van der Waals surface area contributed by atoms with Gasteiger partial charge in [0.05, 0.1) is 18.2 Å². The predicted octanol–water partition coefficient (Wildman–Crippen LogP) is 2.99. The van der Waals surface area contributed by atoms with Gasteiger partial charge in [0.1, 0.15) is 0 Å². The maximum Gasteiger partial charge on any atom is 0.0991 e. The van der Waals surface area contributed by atoms with Crippen LogP contribution in [-0.4, -0.2) is 7.11 Å². The van der Waals surface area contributed by atoms with Gasteiger partial charge in [-0.25, -0.2) is 0 Å². The molecule has 20 heavy (non-hydrogen) atoms. The fourth-order valence-electron chi connectivity index (χ4n) is 1.97. The van der Waals surface area contributed by atoms with Crippen molar-refractivity contribution >= 4 is 0 Å². The molecule has 0 aliphatic heterocycles. The largest absolute Gasteiger partial charge is 0.380 e. The van der Waals surface area contributed by atoms with Crippen LogP contribution in [0.15, 0.2) is 48.5 Å². The zero-order valence-corrected chi connectivity index (χ0v) is 11.6. The zero-order chi connectivity index (χ0) is 14.2. The van der Waals surface area contributed by atoms with E-state index >= 15 is 0 Å². The fraction of sp³-hybridized carbons (Fsp3) is 0.235. The number of nitrogens with zero attached hydrogens (tertiary/aromatic N) is 1. The van der Waals surface area contributed by atoms with Crippen LogP contribution in [0, 0.1) is 11.3 Å². The molecule has 1 N–H and O–H groups in total. The van der Waals surface area contributed by atoms with E-state index in [-0.39, 0.29) is 0 Å². The van der Waals surface area contributed by atoms with Crippen LogP contribution in [0.5, 0.6) is 0 Å². The monoisotopic (exact) mass is 266 g/mol. The normalized spacial score (nSPS) is 10.2. The molecule has 0 unspecified atom stereocenters. The molecule has 0 fully saturated rings. The van der Waals surface area contributed by atoms with Crippen molar-refractivity contribution in [1.82, 2.24) is 5.32 Å². The van der Waals surface area contributed by atoms with Gasteiger partial charge in [-0.2, -0.15) is 5.26 Å². The Labute approximate surface area is 119 Å². The molecule has 0 spiro atoms. The Bertz CT molecular complexity index is 567. The molecule has 0 aromatic heterocycles. The molecular weight excluding hydrogens is 248 g/mol. The number of ether oxygens (including phenoxy) is 1. The molecule has 0 saturated heterocycles. The SMILES string of the molecule is COCc1ccc(CNCc2ccc(C#N)cc2)cc1. The molecule has 0 saturated carbocycles. The van der Waals surface area contributed by atoms with Crippen molar-refractivity contribution in [3.05, 3.63) is 70.8 Å². The van der Waals surface area contributed by atoms with Crippen LogP contribution < -0.4 is 5.32 Å². The molecule has 2 rings (SSSR count). The summed E-state index contributed by atoms with van der Waals surface area (Å²) in [5.41, 5.74) is 4.31. The lowest BCUT2D eigenvalue weighted by atomic mass is 10.1.